The van der Waals surface area contributed by atoms with E-state index in [2.05, 4.69) is 63.7 Å². The van der Waals surface area contributed by atoms with Crippen molar-refractivity contribution in [3.63, 3.8) is 0 Å². The lowest BCUT2D eigenvalue weighted by Crippen LogP contribution is -2.63. The van der Waals surface area contributed by atoms with E-state index in [1.165, 1.54) is 16.7 Å². The number of nitrogens with one attached hydrogen (secondary N) is 1. The summed E-state index contributed by atoms with van der Waals surface area (Å²) < 4.78 is 9.41. The number of nitriles is 1. The summed E-state index contributed by atoms with van der Waals surface area (Å²) >= 11 is 0. The molecule has 6 heterocycles. The van der Waals surface area contributed by atoms with Crippen molar-refractivity contribution in [3.05, 3.63) is 65.6 Å². The molecule has 0 bridgehead atoms. The molecule has 10 heteroatoms. The number of benzene rings is 1. The molecule has 3 aliphatic heterocycles. The normalized spacial score (nSPS) is 20.5. The van der Waals surface area contributed by atoms with Crippen molar-refractivity contribution in [3.8, 4) is 6.07 Å². The molecule has 0 saturated carbocycles. The number of fused-ring (bicyclic) bond motifs is 2. The Bertz CT molecular complexity index is 1540. The summed E-state index contributed by atoms with van der Waals surface area (Å²) in [5.74, 6) is 0.575. The Kier molecular flexibility index (Phi) is 5.98. The number of pyridine rings is 1. The van der Waals surface area contributed by atoms with Crippen LogP contribution >= 0.6 is 0 Å². The zero-order valence-electron chi connectivity index (χ0n) is 22.3. The van der Waals surface area contributed by atoms with Crippen molar-refractivity contribution in [1.29, 1.82) is 5.26 Å². The predicted molar refractivity (Wildman–Crippen MR) is 148 cm³/mol. The van der Waals surface area contributed by atoms with E-state index in [4.69, 9.17) is 14.8 Å². The standard InChI is InChI=1S/C29H33N9O/c1-2-21-15-31-38(16-21)29(9-10-30)19-36(20-29)26-4-3-11-37-27(26)33-28(34-37)32-24-6-5-23-17-35(12-7-22(23)14-24)25-8-13-39-18-25/h3-6,11,14-16,25H,2,7-9,12-13,17-20H2,1H3,(H,32,34). The molecule has 2 fully saturated rings. The smallest absolute Gasteiger partial charge is 0.247 e. The maximum absolute atomic E-state index is 9.55. The zero-order valence-corrected chi connectivity index (χ0v) is 22.3. The van der Waals surface area contributed by atoms with Gasteiger partial charge in [0, 0.05) is 56.9 Å². The van der Waals surface area contributed by atoms with Gasteiger partial charge in [0.25, 0.3) is 0 Å². The van der Waals surface area contributed by atoms with Gasteiger partial charge >= 0.3 is 0 Å². The van der Waals surface area contributed by atoms with E-state index in [-0.39, 0.29) is 5.54 Å². The Morgan fingerprint density at radius 3 is 2.95 bits per heavy atom. The van der Waals surface area contributed by atoms with Gasteiger partial charge in [0.15, 0.2) is 5.65 Å². The second-order valence-electron chi connectivity index (χ2n) is 11.0. The Labute approximate surface area is 227 Å². The largest absolute Gasteiger partial charge is 0.380 e. The van der Waals surface area contributed by atoms with Gasteiger partial charge in [-0.1, -0.05) is 13.0 Å². The van der Waals surface area contributed by atoms with Crippen molar-refractivity contribution in [1.82, 2.24) is 29.3 Å². The summed E-state index contributed by atoms with van der Waals surface area (Å²) in [6, 6.07) is 13.6. The van der Waals surface area contributed by atoms with E-state index in [0.29, 0.717) is 31.5 Å². The topological polar surface area (TPSA) is 99.5 Å². The minimum atomic E-state index is -0.320. The van der Waals surface area contributed by atoms with E-state index >= 15 is 0 Å². The molecule has 39 heavy (non-hydrogen) atoms. The zero-order chi connectivity index (χ0) is 26.4. The molecule has 3 aromatic heterocycles. The van der Waals surface area contributed by atoms with Gasteiger partial charge in [-0.15, -0.1) is 5.10 Å². The second-order valence-corrected chi connectivity index (χ2v) is 11.0. The molecule has 4 aromatic rings. The lowest BCUT2D eigenvalue weighted by Gasteiger charge is -2.50. The van der Waals surface area contributed by atoms with Gasteiger partial charge in [-0.3, -0.25) is 9.58 Å². The minimum absolute atomic E-state index is 0.320. The fourth-order valence-corrected chi connectivity index (χ4v) is 6.22. The lowest BCUT2D eigenvalue weighted by atomic mass is 9.86. The van der Waals surface area contributed by atoms with Crippen LogP contribution < -0.4 is 10.2 Å². The molecule has 0 spiro atoms. The van der Waals surface area contributed by atoms with E-state index in [9.17, 15) is 5.26 Å². The highest BCUT2D eigenvalue weighted by Crippen LogP contribution is 2.37. The molecule has 0 amide bonds. The van der Waals surface area contributed by atoms with Crippen molar-refractivity contribution in [2.75, 3.05) is 43.1 Å². The van der Waals surface area contributed by atoms with Crippen molar-refractivity contribution >= 4 is 23.0 Å². The Morgan fingerprint density at radius 2 is 2.15 bits per heavy atom. The van der Waals surface area contributed by atoms with Crippen LogP contribution in [0.4, 0.5) is 17.3 Å². The average Bonchev–Trinajstić information content (AvgIpc) is 3.71. The second kappa shape index (κ2) is 9.67. The molecule has 0 aliphatic carbocycles. The highest BCUT2D eigenvalue weighted by molar-refractivity contribution is 5.72. The molecular weight excluding hydrogens is 490 g/mol. The first-order valence-electron chi connectivity index (χ1n) is 13.9. The predicted octanol–water partition coefficient (Wildman–Crippen LogP) is 3.51. The van der Waals surface area contributed by atoms with Crippen LogP contribution in [0.1, 0.15) is 36.5 Å². The molecule has 2 saturated heterocycles. The van der Waals surface area contributed by atoms with Crippen LogP contribution in [0.5, 0.6) is 0 Å². The molecule has 7 rings (SSSR count). The third kappa shape index (κ3) is 4.32. The van der Waals surface area contributed by atoms with E-state index in [1.807, 2.05) is 27.7 Å². The van der Waals surface area contributed by atoms with Crippen LogP contribution in [0.2, 0.25) is 0 Å². The number of aryl methyl sites for hydroxylation is 1. The van der Waals surface area contributed by atoms with Crippen LogP contribution in [-0.4, -0.2) is 68.2 Å². The molecule has 1 N–H and O–H groups in total. The monoisotopic (exact) mass is 523 g/mol. The molecule has 1 aromatic carbocycles. The van der Waals surface area contributed by atoms with Crippen LogP contribution in [0.3, 0.4) is 0 Å². The molecule has 200 valence electrons. The van der Waals surface area contributed by atoms with E-state index < -0.39 is 0 Å². The third-order valence-electron chi connectivity index (χ3n) is 8.52. The fraction of sp³-hybridized carbons (Fsp3) is 0.448. The first-order chi connectivity index (χ1) is 19.1. The van der Waals surface area contributed by atoms with Gasteiger partial charge in [0.1, 0.15) is 5.54 Å². The molecule has 0 radical (unpaired) electrons. The number of hydrogen-bond donors (Lipinski definition) is 1. The quantitative estimate of drug-likeness (QED) is 0.393. The lowest BCUT2D eigenvalue weighted by molar-refractivity contribution is 0.135. The maximum atomic E-state index is 9.55. The number of aromatic nitrogens is 5. The number of hydrogen-bond acceptors (Lipinski definition) is 8. The van der Waals surface area contributed by atoms with Crippen molar-refractivity contribution in [2.24, 2.45) is 0 Å². The van der Waals surface area contributed by atoms with Crippen molar-refractivity contribution < 1.29 is 4.74 Å². The summed E-state index contributed by atoms with van der Waals surface area (Å²) in [5, 5.41) is 22.3. The summed E-state index contributed by atoms with van der Waals surface area (Å²) in [4.78, 5) is 9.68. The summed E-state index contributed by atoms with van der Waals surface area (Å²) in [7, 11) is 0. The van der Waals surface area contributed by atoms with E-state index in [0.717, 1.165) is 62.6 Å². The SMILES string of the molecule is CCc1cnn(C2(CC#N)CN(c3cccn4nc(Nc5ccc6c(c5)CCN(C5CCOC5)C6)nc34)C2)c1. The van der Waals surface area contributed by atoms with Gasteiger partial charge in [0.05, 0.1) is 31.0 Å². The van der Waals surface area contributed by atoms with Gasteiger partial charge < -0.3 is 15.0 Å². The summed E-state index contributed by atoms with van der Waals surface area (Å²) in [5.41, 5.74) is 6.46. The first-order valence-corrected chi connectivity index (χ1v) is 13.9. The number of nitrogens with zero attached hydrogens (tertiary/aromatic N) is 8. The van der Waals surface area contributed by atoms with Gasteiger partial charge in [-0.2, -0.15) is 15.3 Å². The number of rotatable bonds is 7. The highest BCUT2D eigenvalue weighted by Gasteiger charge is 2.46. The maximum Gasteiger partial charge on any atom is 0.247 e. The van der Waals surface area contributed by atoms with Crippen LogP contribution in [0, 0.1) is 11.3 Å². The average molecular weight is 524 g/mol. The van der Waals surface area contributed by atoms with Crippen molar-refractivity contribution in [2.45, 2.75) is 50.7 Å². The highest BCUT2D eigenvalue weighted by atomic mass is 16.5. The van der Waals surface area contributed by atoms with Crippen LogP contribution in [0.15, 0.2) is 48.9 Å². The first kappa shape index (κ1) is 24.1. The molecule has 1 atom stereocenters. The fourth-order valence-electron chi connectivity index (χ4n) is 6.22. The molecule has 10 nitrogen and oxygen atoms in total. The van der Waals surface area contributed by atoms with Crippen LogP contribution in [-0.2, 0) is 29.7 Å². The Balaban J connectivity index is 1.08. The Morgan fingerprint density at radius 1 is 1.23 bits per heavy atom. The molecule has 1 unspecified atom stereocenters. The summed E-state index contributed by atoms with van der Waals surface area (Å²) in [6.07, 6.45) is 9.43. The van der Waals surface area contributed by atoms with Gasteiger partial charge in [0.2, 0.25) is 5.95 Å². The van der Waals surface area contributed by atoms with Crippen LogP contribution in [0.25, 0.3) is 5.65 Å². The van der Waals surface area contributed by atoms with Gasteiger partial charge in [-0.05, 0) is 60.2 Å². The van der Waals surface area contributed by atoms with Gasteiger partial charge in [-0.25, -0.2) is 4.52 Å². The molecular formula is C29H33N9O. The van der Waals surface area contributed by atoms with E-state index in [1.54, 1.807) is 0 Å². The Hall–Kier alpha value is -3.94. The number of ether oxygens (including phenoxy) is 1. The minimum Gasteiger partial charge on any atom is -0.380 e. The summed E-state index contributed by atoms with van der Waals surface area (Å²) in [6.45, 7) is 7.32. The molecule has 3 aliphatic rings. The third-order valence-corrected chi connectivity index (χ3v) is 8.52. The number of anilines is 3.